The van der Waals surface area contributed by atoms with Crippen molar-refractivity contribution < 1.29 is 0 Å². The summed E-state index contributed by atoms with van der Waals surface area (Å²) in [6.45, 7) is 5.42. The van der Waals surface area contributed by atoms with E-state index in [2.05, 4.69) is 13.8 Å². The van der Waals surface area contributed by atoms with Crippen LogP contribution in [0.25, 0.3) is 0 Å². The van der Waals surface area contributed by atoms with E-state index >= 15 is 0 Å². The van der Waals surface area contributed by atoms with Gasteiger partial charge in [-0.1, -0.05) is 117 Å². The van der Waals surface area contributed by atoms with Crippen molar-refractivity contribution in [2.45, 2.75) is 123 Å². The first kappa shape index (κ1) is 22.0. The van der Waals surface area contributed by atoms with Crippen LogP contribution >= 0.6 is 0 Å². The molecule has 0 aliphatic carbocycles. The van der Waals surface area contributed by atoms with Gasteiger partial charge in [0.05, 0.1) is 0 Å². The maximum atomic E-state index is 5.64. The Hall–Kier alpha value is -0.0400. The maximum Gasteiger partial charge on any atom is -0.00515 e. The SMILES string of the molecule is CCCCCCCCCCCCCCCCCCC(C)CN. The fraction of sp³-hybridized carbons (Fsp3) is 1.00. The predicted octanol–water partition coefficient (Wildman–Crippen LogP) is 7.23. The molecule has 1 heteroatoms. The molecule has 0 aromatic rings. The van der Waals surface area contributed by atoms with Crippen LogP contribution in [-0.4, -0.2) is 6.54 Å². The smallest absolute Gasteiger partial charge is 0.00515 e. The summed E-state index contributed by atoms with van der Waals surface area (Å²) in [5, 5.41) is 0. The topological polar surface area (TPSA) is 26.0 Å². The molecule has 2 N–H and O–H groups in total. The van der Waals surface area contributed by atoms with Gasteiger partial charge >= 0.3 is 0 Å². The molecule has 0 aliphatic rings. The van der Waals surface area contributed by atoms with E-state index in [-0.39, 0.29) is 0 Å². The van der Waals surface area contributed by atoms with Crippen molar-refractivity contribution in [3.63, 3.8) is 0 Å². The standard InChI is InChI=1S/C21H45N/c1-3-4-5-6-7-8-9-10-11-12-13-14-15-16-17-18-19-21(2)20-22/h21H,3-20,22H2,1-2H3. The minimum Gasteiger partial charge on any atom is -0.330 e. The first-order chi connectivity index (χ1) is 10.8. The first-order valence-corrected chi connectivity index (χ1v) is 10.5. The van der Waals surface area contributed by atoms with Gasteiger partial charge in [-0.2, -0.15) is 0 Å². The zero-order chi connectivity index (χ0) is 16.3. The highest BCUT2D eigenvalue weighted by atomic mass is 14.5. The Morgan fingerprint density at radius 2 is 0.864 bits per heavy atom. The molecular formula is C21H45N. The summed E-state index contributed by atoms with van der Waals surface area (Å²) in [7, 11) is 0. The van der Waals surface area contributed by atoms with Crippen molar-refractivity contribution in [1.29, 1.82) is 0 Å². The Labute approximate surface area is 141 Å². The average Bonchev–Trinajstić information content (AvgIpc) is 2.54. The number of hydrogen-bond donors (Lipinski definition) is 1. The fourth-order valence-electron chi connectivity index (χ4n) is 3.16. The number of hydrogen-bond acceptors (Lipinski definition) is 1. The van der Waals surface area contributed by atoms with Crippen LogP contribution < -0.4 is 5.73 Å². The fourth-order valence-corrected chi connectivity index (χ4v) is 3.16. The summed E-state index contributed by atoms with van der Waals surface area (Å²) in [6, 6.07) is 0. The lowest BCUT2D eigenvalue weighted by atomic mass is 10.0. The third kappa shape index (κ3) is 18.0. The Bertz CT molecular complexity index is 190. The van der Waals surface area contributed by atoms with E-state index in [1.54, 1.807) is 0 Å². The number of unbranched alkanes of at least 4 members (excludes halogenated alkanes) is 15. The molecule has 0 aliphatic heterocycles. The van der Waals surface area contributed by atoms with Gasteiger partial charge in [0.25, 0.3) is 0 Å². The van der Waals surface area contributed by atoms with E-state index in [9.17, 15) is 0 Å². The molecule has 0 rings (SSSR count). The highest BCUT2D eigenvalue weighted by Gasteiger charge is 1.98. The van der Waals surface area contributed by atoms with Crippen LogP contribution in [0.5, 0.6) is 0 Å². The number of rotatable bonds is 18. The van der Waals surface area contributed by atoms with Crippen molar-refractivity contribution in [2.75, 3.05) is 6.54 Å². The van der Waals surface area contributed by atoms with Gasteiger partial charge in [0.15, 0.2) is 0 Å². The molecule has 0 saturated carbocycles. The third-order valence-electron chi connectivity index (χ3n) is 4.95. The highest BCUT2D eigenvalue weighted by molar-refractivity contribution is 4.54. The molecule has 0 spiro atoms. The first-order valence-electron chi connectivity index (χ1n) is 10.5. The molecule has 134 valence electrons. The lowest BCUT2D eigenvalue weighted by Gasteiger charge is -2.07. The van der Waals surface area contributed by atoms with E-state index < -0.39 is 0 Å². The molecule has 1 unspecified atom stereocenters. The lowest BCUT2D eigenvalue weighted by Crippen LogP contribution is -2.10. The van der Waals surface area contributed by atoms with Crippen LogP contribution in [0.1, 0.15) is 123 Å². The summed E-state index contributed by atoms with van der Waals surface area (Å²) < 4.78 is 0. The monoisotopic (exact) mass is 311 g/mol. The Kier molecular flexibility index (Phi) is 19.0. The molecular weight excluding hydrogens is 266 g/mol. The molecule has 1 nitrogen and oxygen atoms in total. The summed E-state index contributed by atoms with van der Waals surface area (Å²) >= 11 is 0. The van der Waals surface area contributed by atoms with E-state index in [0.717, 1.165) is 12.5 Å². The molecule has 0 saturated heterocycles. The molecule has 0 amide bonds. The van der Waals surface area contributed by atoms with Gasteiger partial charge < -0.3 is 5.73 Å². The van der Waals surface area contributed by atoms with Crippen molar-refractivity contribution in [3.8, 4) is 0 Å². The van der Waals surface area contributed by atoms with Crippen LogP contribution in [0.15, 0.2) is 0 Å². The second-order valence-electron chi connectivity index (χ2n) is 7.43. The zero-order valence-corrected chi connectivity index (χ0v) is 15.9. The molecule has 0 bridgehead atoms. The van der Waals surface area contributed by atoms with Crippen molar-refractivity contribution in [3.05, 3.63) is 0 Å². The molecule has 22 heavy (non-hydrogen) atoms. The normalized spacial score (nSPS) is 12.7. The van der Waals surface area contributed by atoms with E-state index in [4.69, 9.17) is 5.73 Å². The Morgan fingerprint density at radius 3 is 1.18 bits per heavy atom. The predicted molar refractivity (Wildman–Crippen MR) is 102 cm³/mol. The number of nitrogens with two attached hydrogens (primary N) is 1. The molecule has 0 heterocycles. The molecule has 0 aromatic carbocycles. The van der Waals surface area contributed by atoms with Crippen LogP contribution in [0, 0.1) is 5.92 Å². The minimum absolute atomic E-state index is 0.728. The molecule has 0 aromatic heterocycles. The minimum atomic E-state index is 0.728. The Balaban J connectivity index is 2.97. The van der Waals surface area contributed by atoms with E-state index in [1.165, 1.54) is 109 Å². The van der Waals surface area contributed by atoms with Gasteiger partial charge in [-0.05, 0) is 18.9 Å². The molecule has 0 fully saturated rings. The second-order valence-corrected chi connectivity index (χ2v) is 7.43. The van der Waals surface area contributed by atoms with Crippen molar-refractivity contribution in [1.82, 2.24) is 0 Å². The maximum absolute atomic E-state index is 5.64. The lowest BCUT2D eigenvalue weighted by molar-refractivity contribution is 0.485. The molecule has 0 radical (unpaired) electrons. The van der Waals surface area contributed by atoms with E-state index in [1.807, 2.05) is 0 Å². The summed E-state index contributed by atoms with van der Waals surface area (Å²) in [5.74, 6) is 0.728. The summed E-state index contributed by atoms with van der Waals surface area (Å²) in [5.41, 5.74) is 5.64. The highest BCUT2D eigenvalue weighted by Crippen LogP contribution is 2.14. The second kappa shape index (κ2) is 19.0. The van der Waals surface area contributed by atoms with Gasteiger partial charge in [-0.25, -0.2) is 0 Å². The van der Waals surface area contributed by atoms with E-state index in [0.29, 0.717) is 0 Å². The van der Waals surface area contributed by atoms with Crippen LogP contribution in [0.2, 0.25) is 0 Å². The quantitative estimate of drug-likeness (QED) is 0.265. The van der Waals surface area contributed by atoms with Crippen LogP contribution in [0.4, 0.5) is 0 Å². The van der Waals surface area contributed by atoms with Gasteiger partial charge in [0, 0.05) is 0 Å². The Morgan fingerprint density at radius 1 is 0.545 bits per heavy atom. The van der Waals surface area contributed by atoms with Crippen molar-refractivity contribution in [2.24, 2.45) is 11.7 Å². The molecule has 1 atom stereocenters. The van der Waals surface area contributed by atoms with Crippen LogP contribution in [-0.2, 0) is 0 Å². The average molecular weight is 312 g/mol. The zero-order valence-electron chi connectivity index (χ0n) is 15.9. The van der Waals surface area contributed by atoms with Gasteiger partial charge in [0.2, 0.25) is 0 Å². The largest absolute Gasteiger partial charge is 0.330 e. The summed E-state index contributed by atoms with van der Waals surface area (Å²) in [6.07, 6.45) is 24.5. The van der Waals surface area contributed by atoms with Gasteiger partial charge in [-0.15, -0.1) is 0 Å². The van der Waals surface area contributed by atoms with Gasteiger partial charge in [-0.3, -0.25) is 0 Å². The summed E-state index contributed by atoms with van der Waals surface area (Å²) in [4.78, 5) is 0. The van der Waals surface area contributed by atoms with Crippen LogP contribution in [0.3, 0.4) is 0 Å². The van der Waals surface area contributed by atoms with Gasteiger partial charge in [0.1, 0.15) is 0 Å². The third-order valence-corrected chi connectivity index (χ3v) is 4.95. The van der Waals surface area contributed by atoms with Crippen molar-refractivity contribution >= 4 is 0 Å².